The van der Waals surface area contributed by atoms with Crippen molar-refractivity contribution in [2.24, 2.45) is 0 Å². The molecule has 0 radical (unpaired) electrons. The van der Waals surface area contributed by atoms with Gasteiger partial charge < -0.3 is 5.11 Å². The molecule has 2 unspecified atom stereocenters. The van der Waals surface area contributed by atoms with Crippen LogP contribution in [0.4, 0.5) is 0 Å². The van der Waals surface area contributed by atoms with Crippen LogP contribution in [0.3, 0.4) is 0 Å². The number of aliphatic hydroxyl groups is 1. The molecule has 9 heavy (non-hydrogen) atoms. The fourth-order valence-corrected chi connectivity index (χ4v) is 2.48. The molecule has 4 heteroatoms. The van der Waals surface area contributed by atoms with Gasteiger partial charge in [-0.05, 0) is 13.3 Å². The Bertz CT molecular complexity index is 192. The third-order valence-electron chi connectivity index (χ3n) is 1.69. The van der Waals surface area contributed by atoms with E-state index in [1.807, 2.05) is 0 Å². The lowest BCUT2D eigenvalue weighted by Gasteiger charge is -2.27. The zero-order valence-electron chi connectivity index (χ0n) is 5.24. The van der Waals surface area contributed by atoms with Gasteiger partial charge in [0.1, 0.15) is 0 Å². The standard InChI is InChI=1S/C5H10O3S/c1-4(6)5-2-3-9(5,7)8/h4-6H,2-3H2,1H3. The maximum atomic E-state index is 10.7. The van der Waals surface area contributed by atoms with Gasteiger partial charge in [0.2, 0.25) is 0 Å². The molecule has 1 rings (SSSR count). The van der Waals surface area contributed by atoms with Gasteiger partial charge in [-0.25, -0.2) is 8.42 Å². The Balaban J connectivity index is 2.67. The van der Waals surface area contributed by atoms with Gasteiger partial charge in [-0.15, -0.1) is 0 Å². The summed E-state index contributed by atoms with van der Waals surface area (Å²) in [7, 11) is -2.87. The Morgan fingerprint density at radius 3 is 2.22 bits per heavy atom. The van der Waals surface area contributed by atoms with E-state index in [-0.39, 0.29) is 5.75 Å². The van der Waals surface area contributed by atoms with Gasteiger partial charge in [-0.2, -0.15) is 0 Å². The van der Waals surface area contributed by atoms with Crippen LogP contribution in [0.1, 0.15) is 13.3 Å². The predicted octanol–water partition coefficient (Wildman–Crippen LogP) is -0.446. The Kier molecular flexibility index (Phi) is 1.52. The monoisotopic (exact) mass is 150 g/mol. The van der Waals surface area contributed by atoms with Crippen molar-refractivity contribution < 1.29 is 13.5 Å². The minimum absolute atomic E-state index is 0.253. The van der Waals surface area contributed by atoms with Gasteiger partial charge >= 0.3 is 0 Å². The highest BCUT2D eigenvalue weighted by Gasteiger charge is 2.38. The van der Waals surface area contributed by atoms with Crippen LogP contribution in [0.2, 0.25) is 0 Å². The minimum atomic E-state index is -2.87. The van der Waals surface area contributed by atoms with Crippen LogP contribution in [0, 0.1) is 0 Å². The second-order valence-corrected chi connectivity index (χ2v) is 4.77. The minimum Gasteiger partial charge on any atom is -0.392 e. The zero-order valence-corrected chi connectivity index (χ0v) is 6.06. The third-order valence-corrected chi connectivity index (χ3v) is 4.04. The number of sulfone groups is 1. The van der Waals surface area contributed by atoms with E-state index in [9.17, 15) is 8.42 Å². The normalized spacial score (nSPS) is 35.1. The first-order valence-corrected chi connectivity index (χ1v) is 4.65. The van der Waals surface area contributed by atoms with Gasteiger partial charge in [-0.1, -0.05) is 0 Å². The Labute approximate surface area is 54.6 Å². The van der Waals surface area contributed by atoms with Crippen LogP contribution in [0.5, 0.6) is 0 Å². The molecule has 0 aromatic carbocycles. The van der Waals surface area contributed by atoms with Gasteiger partial charge in [-0.3, -0.25) is 0 Å². The van der Waals surface area contributed by atoms with E-state index in [2.05, 4.69) is 0 Å². The quantitative estimate of drug-likeness (QED) is 0.551. The summed E-state index contributed by atoms with van der Waals surface area (Å²) in [6.07, 6.45) is -0.0660. The highest BCUT2D eigenvalue weighted by Crippen LogP contribution is 2.23. The molecule has 1 fully saturated rings. The molecular weight excluding hydrogens is 140 g/mol. The Morgan fingerprint density at radius 2 is 2.22 bits per heavy atom. The lowest BCUT2D eigenvalue weighted by Crippen LogP contribution is -2.43. The fraction of sp³-hybridized carbons (Fsp3) is 1.00. The van der Waals surface area contributed by atoms with E-state index < -0.39 is 21.2 Å². The van der Waals surface area contributed by atoms with Crippen LogP contribution >= 0.6 is 0 Å². The molecule has 1 saturated heterocycles. The molecule has 0 saturated carbocycles. The smallest absolute Gasteiger partial charge is 0.155 e. The summed E-state index contributed by atoms with van der Waals surface area (Å²) < 4.78 is 21.4. The number of hydrogen-bond acceptors (Lipinski definition) is 3. The molecule has 54 valence electrons. The fourth-order valence-electron chi connectivity index (χ4n) is 0.988. The van der Waals surface area contributed by atoms with Crippen LogP contribution in [-0.2, 0) is 9.84 Å². The molecule has 0 amide bonds. The maximum Gasteiger partial charge on any atom is 0.155 e. The molecular formula is C5H10O3S. The van der Waals surface area contributed by atoms with Crippen molar-refractivity contribution in [2.75, 3.05) is 5.75 Å². The number of rotatable bonds is 1. The van der Waals surface area contributed by atoms with Crippen LogP contribution < -0.4 is 0 Å². The van der Waals surface area contributed by atoms with Gasteiger partial charge in [0.05, 0.1) is 17.1 Å². The second kappa shape index (κ2) is 1.95. The van der Waals surface area contributed by atoms with E-state index in [0.717, 1.165) is 0 Å². The highest BCUT2D eigenvalue weighted by molar-refractivity contribution is 7.93. The molecule has 3 nitrogen and oxygen atoms in total. The van der Waals surface area contributed by atoms with Crippen molar-refractivity contribution in [1.29, 1.82) is 0 Å². The first-order chi connectivity index (χ1) is 4.04. The molecule has 0 aromatic heterocycles. The molecule has 0 spiro atoms. The summed E-state index contributed by atoms with van der Waals surface area (Å²) in [4.78, 5) is 0. The third kappa shape index (κ3) is 1.09. The highest BCUT2D eigenvalue weighted by atomic mass is 32.2. The number of hydrogen-bond donors (Lipinski definition) is 1. The summed E-state index contributed by atoms with van der Waals surface area (Å²) in [6, 6.07) is 0. The first kappa shape index (κ1) is 7.02. The van der Waals surface area contributed by atoms with Gasteiger partial charge in [0, 0.05) is 0 Å². The van der Waals surface area contributed by atoms with E-state index in [0.29, 0.717) is 6.42 Å². The summed E-state index contributed by atoms with van der Waals surface area (Å²) in [5.41, 5.74) is 0. The van der Waals surface area contributed by atoms with Crippen molar-refractivity contribution in [1.82, 2.24) is 0 Å². The van der Waals surface area contributed by atoms with E-state index in [4.69, 9.17) is 5.11 Å². The van der Waals surface area contributed by atoms with Gasteiger partial charge in [0.25, 0.3) is 0 Å². The predicted molar refractivity (Wildman–Crippen MR) is 33.9 cm³/mol. The zero-order chi connectivity index (χ0) is 7.07. The van der Waals surface area contributed by atoms with E-state index in [1.54, 1.807) is 0 Å². The van der Waals surface area contributed by atoms with E-state index >= 15 is 0 Å². The molecule has 2 atom stereocenters. The van der Waals surface area contributed by atoms with Crippen molar-refractivity contribution in [2.45, 2.75) is 24.7 Å². The van der Waals surface area contributed by atoms with Crippen molar-refractivity contribution in [3.8, 4) is 0 Å². The van der Waals surface area contributed by atoms with Crippen molar-refractivity contribution >= 4 is 9.84 Å². The molecule has 0 bridgehead atoms. The average molecular weight is 150 g/mol. The summed E-state index contributed by atoms with van der Waals surface area (Å²) in [5, 5.41) is 8.35. The lowest BCUT2D eigenvalue weighted by atomic mass is 10.2. The molecule has 1 aliphatic heterocycles. The SMILES string of the molecule is CC(O)C1CCS1(=O)=O. The Morgan fingerprint density at radius 1 is 1.67 bits per heavy atom. The lowest BCUT2D eigenvalue weighted by molar-refractivity contribution is 0.180. The molecule has 1 N–H and O–H groups in total. The number of aliphatic hydroxyl groups excluding tert-OH is 1. The second-order valence-electron chi connectivity index (χ2n) is 2.43. The van der Waals surface area contributed by atoms with Crippen molar-refractivity contribution in [3.63, 3.8) is 0 Å². The summed E-state index contributed by atoms with van der Waals surface area (Å²) >= 11 is 0. The summed E-state index contributed by atoms with van der Waals surface area (Å²) in [5.74, 6) is 0.253. The van der Waals surface area contributed by atoms with Gasteiger partial charge in [0.15, 0.2) is 9.84 Å². The maximum absolute atomic E-state index is 10.7. The van der Waals surface area contributed by atoms with Crippen LogP contribution in [0.25, 0.3) is 0 Å². The summed E-state index contributed by atoms with van der Waals surface area (Å²) in [6.45, 7) is 1.52. The molecule has 1 heterocycles. The Hall–Kier alpha value is -0.0900. The van der Waals surface area contributed by atoms with Crippen LogP contribution in [-0.4, -0.2) is 30.6 Å². The van der Waals surface area contributed by atoms with Crippen LogP contribution in [0.15, 0.2) is 0 Å². The average Bonchev–Trinajstić information content (AvgIpc) is 1.62. The van der Waals surface area contributed by atoms with E-state index in [1.165, 1.54) is 6.92 Å². The van der Waals surface area contributed by atoms with Crippen molar-refractivity contribution in [3.05, 3.63) is 0 Å². The first-order valence-electron chi connectivity index (χ1n) is 2.93. The molecule has 0 aliphatic carbocycles. The molecule has 0 aromatic rings. The molecule has 1 aliphatic rings. The largest absolute Gasteiger partial charge is 0.392 e. The topological polar surface area (TPSA) is 54.4 Å².